The molecule has 0 saturated heterocycles. The molecule has 5 nitrogen and oxygen atoms in total. The second-order valence-corrected chi connectivity index (χ2v) is 5.94. The van der Waals surface area contributed by atoms with E-state index in [1.807, 2.05) is 30.3 Å². The molecule has 4 rings (SSSR count). The SMILES string of the molecule is O=C(NC1=CNc2ccccc2C=N1)Nc1ccc2c(c1)CCC2. The number of amides is 2. The van der Waals surface area contributed by atoms with Crippen molar-refractivity contribution in [1.29, 1.82) is 0 Å². The number of carbonyl (C=O) groups is 1. The molecular weight excluding hydrogens is 300 g/mol. The lowest BCUT2D eigenvalue weighted by atomic mass is 10.1. The van der Waals surface area contributed by atoms with Crippen LogP contribution in [0.1, 0.15) is 23.1 Å². The summed E-state index contributed by atoms with van der Waals surface area (Å²) in [5, 5.41) is 8.78. The quantitative estimate of drug-likeness (QED) is 0.791. The maximum atomic E-state index is 12.2. The van der Waals surface area contributed by atoms with Crippen molar-refractivity contribution in [3.63, 3.8) is 0 Å². The predicted molar refractivity (Wildman–Crippen MR) is 96.4 cm³/mol. The van der Waals surface area contributed by atoms with Gasteiger partial charge in [0.25, 0.3) is 0 Å². The molecule has 0 saturated carbocycles. The van der Waals surface area contributed by atoms with Crippen LogP contribution in [-0.2, 0) is 12.8 Å². The molecule has 2 aliphatic rings. The molecule has 0 spiro atoms. The summed E-state index contributed by atoms with van der Waals surface area (Å²) in [5.41, 5.74) is 5.46. The number of nitrogens with zero attached hydrogens (tertiary/aromatic N) is 1. The molecule has 0 fully saturated rings. The first-order valence-corrected chi connectivity index (χ1v) is 8.07. The number of aliphatic imine (C=N–C) groups is 1. The lowest BCUT2D eigenvalue weighted by Gasteiger charge is -2.09. The van der Waals surface area contributed by atoms with Crippen LogP contribution < -0.4 is 16.0 Å². The van der Waals surface area contributed by atoms with Gasteiger partial charge in [0.05, 0.1) is 0 Å². The number of urea groups is 1. The molecule has 3 N–H and O–H groups in total. The highest BCUT2D eigenvalue weighted by molar-refractivity contribution is 5.92. The molecule has 0 bridgehead atoms. The summed E-state index contributed by atoms with van der Waals surface area (Å²) in [7, 11) is 0. The number of fused-ring (bicyclic) bond motifs is 2. The molecule has 24 heavy (non-hydrogen) atoms. The van der Waals surface area contributed by atoms with E-state index in [0.717, 1.165) is 29.8 Å². The summed E-state index contributed by atoms with van der Waals surface area (Å²) in [6, 6.07) is 13.6. The van der Waals surface area contributed by atoms with Gasteiger partial charge >= 0.3 is 6.03 Å². The first-order valence-electron chi connectivity index (χ1n) is 8.07. The van der Waals surface area contributed by atoms with Crippen LogP contribution in [0.4, 0.5) is 16.2 Å². The zero-order valence-corrected chi connectivity index (χ0v) is 13.2. The molecule has 2 aromatic rings. The molecule has 2 amide bonds. The van der Waals surface area contributed by atoms with E-state index < -0.39 is 0 Å². The highest BCUT2D eigenvalue weighted by atomic mass is 16.2. The Bertz CT molecular complexity index is 854. The van der Waals surface area contributed by atoms with E-state index in [-0.39, 0.29) is 6.03 Å². The maximum Gasteiger partial charge on any atom is 0.324 e. The van der Waals surface area contributed by atoms with Crippen LogP contribution in [0.25, 0.3) is 0 Å². The summed E-state index contributed by atoms with van der Waals surface area (Å²) < 4.78 is 0. The van der Waals surface area contributed by atoms with Crippen molar-refractivity contribution in [2.75, 3.05) is 10.6 Å². The van der Waals surface area contributed by atoms with Crippen molar-refractivity contribution in [2.24, 2.45) is 4.99 Å². The highest BCUT2D eigenvalue weighted by Gasteiger charge is 2.12. The topological polar surface area (TPSA) is 65.5 Å². The second kappa shape index (κ2) is 6.20. The van der Waals surface area contributed by atoms with Crippen LogP contribution in [0.15, 0.2) is 59.5 Å². The lowest BCUT2D eigenvalue weighted by molar-refractivity contribution is 0.254. The molecule has 5 heteroatoms. The third kappa shape index (κ3) is 3.01. The summed E-state index contributed by atoms with van der Waals surface area (Å²) >= 11 is 0. The third-order valence-electron chi connectivity index (χ3n) is 4.27. The summed E-state index contributed by atoms with van der Waals surface area (Å²) in [5.74, 6) is 0.463. The Morgan fingerprint density at radius 2 is 1.92 bits per heavy atom. The molecule has 120 valence electrons. The number of hydrogen-bond acceptors (Lipinski definition) is 3. The smallest absolute Gasteiger partial charge is 0.324 e. The second-order valence-electron chi connectivity index (χ2n) is 5.94. The van der Waals surface area contributed by atoms with E-state index in [9.17, 15) is 4.79 Å². The minimum Gasteiger partial charge on any atom is -0.358 e. The van der Waals surface area contributed by atoms with E-state index in [1.54, 1.807) is 12.4 Å². The first-order chi connectivity index (χ1) is 11.8. The molecule has 1 heterocycles. The van der Waals surface area contributed by atoms with Crippen molar-refractivity contribution in [3.8, 4) is 0 Å². The molecule has 0 radical (unpaired) electrons. The van der Waals surface area contributed by atoms with Gasteiger partial charge in [-0.2, -0.15) is 0 Å². The molecule has 0 unspecified atom stereocenters. The average Bonchev–Trinajstić information content (AvgIpc) is 2.96. The fraction of sp³-hybridized carbons (Fsp3) is 0.158. The van der Waals surface area contributed by atoms with Crippen molar-refractivity contribution in [2.45, 2.75) is 19.3 Å². The van der Waals surface area contributed by atoms with Gasteiger partial charge in [-0.1, -0.05) is 24.3 Å². The summed E-state index contributed by atoms with van der Waals surface area (Å²) in [4.78, 5) is 16.5. The Balaban J connectivity index is 1.42. The van der Waals surface area contributed by atoms with Crippen LogP contribution in [0.5, 0.6) is 0 Å². The zero-order valence-electron chi connectivity index (χ0n) is 13.2. The average molecular weight is 318 g/mol. The predicted octanol–water partition coefficient (Wildman–Crippen LogP) is 3.64. The monoisotopic (exact) mass is 318 g/mol. The lowest BCUT2D eigenvalue weighted by Crippen LogP contribution is -2.27. The molecule has 0 atom stereocenters. The van der Waals surface area contributed by atoms with Gasteiger partial charge in [-0.15, -0.1) is 0 Å². The van der Waals surface area contributed by atoms with Crippen LogP contribution in [0.3, 0.4) is 0 Å². The molecular formula is C19H18N4O. The molecule has 1 aliphatic carbocycles. The van der Waals surface area contributed by atoms with Gasteiger partial charge < -0.3 is 10.6 Å². The number of nitrogens with one attached hydrogen (secondary N) is 3. The fourth-order valence-corrected chi connectivity index (χ4v) is 3.06. The van der Waals surface area contributed by atoms with Gasteiger partial charge in [0.15, 0.2) is 0 Å². The molecule has 2 aromatic carbocycles. The van der Waals surface area contributed by atoms with Gasteiger partial charge in [0, 0.05) is 29.4 Å². The Morgan fingerprint density at radius 3 is 2.88 bits per heavy atom. The number of carbonyl (C=O) groups excluding carboxylic acids is 1. The number of para-hydroxylation sites is 1. The van der Waals surface area contributed by atoms with Crippen LogP contribution in [-0.4, -0.2) is 12.2 Å². The Hall–Kier alpha value is -3.08. The van der Waals surface area contributed by atoms with Gasteiger partial charge in [0.1, 0.15) is 5.82 Å². The standard InChI is InChI=1S/C19H18N4O/c24-19(22-16-9-8-13-5-3-6-14(13)10-16)23-18-12-20-17-7-2-1-4-15(17)11-21-18/h1-2,4,7-12,20H,3,5-6H2,(H2,22,23,24). The van der Waals surface area contributed by atoms with Crippen LogP contribution in [0, 0.1) is 0 Å². The maximum absolute atomic E-state index is 12.2. The van der Waals surface area contributed by atoms with Gasteiger partial charge in [-0.3, -0.25) is 5.32 Å². The van der Waals surface area contributed by atoms with Gasteiger partial charge in [-0.05, 0) is 48.6 Å². The highest BCUT2D eigenvalue weighted by Crippen LogP contribution is 2.24. The largest absolute Gasteiger partial charge is 0.358 e. The minimum absolute atomic E-state index is 0.302. The Morgan fingerprint density at radius 1 is 1.04 bits per heavy atom. The van der Waals surface area contributed by atoms with Crippen molar-refractivity contribution in [3.05, 3.63) is 71.2 Å². The van der Waals surface area contributed by atoms with E-state index >= 15 is 0 Å². The zero-order chi connectivity index (χ0) is 16.4. The Kier molecular flexibility index (Phi) is 3.75. The first kappa shape index (κ1) is 14.5. The number of hydrogen-bond donors (Lipinski definition) is 3. The van der Waals surface area contributed by atoms with Crippen LogP contribution >= 0.6 is 0 Å². The summed E-state index contributed by atoms with van der Waals surface area (Å²) in [6.07, 6.45) is 6.83. The minimum atomic E-state index is -0.302. The fourth-order valence-electron chi connectivity index (χ4n) is 3.06. The van der Waals surface area contributed by atoms with Crippen molar-refractivity contribution >= 4 is 23.6 Å². The van der Waals surface area contributed by atoms with Crippen LogP contribution in [0.2, 0.25) is 0 Å². The van der Waals surface area contributed by atoms with Gasteiger partial charge in [0.2, 0.25) is 0 Å². The van der Waals surface area contributed by atoms with Crippen molar-refractivity contribution in [1.82, 2.24) is 5.32 Å². The van der Waals surface area contributed by atoms with E-state index in [4.69, 9.17) is 0 Å². The van der Waals surface area contributed by atoms with E-state index in [1.165, 1.54) is 17.5 Å². The normalized spacial score (nSPS) is 14.8. The number of benzene rings is 2. The van der Waals surface area contributed by atoms with E-state index in [2.05, 4.69) is 33.1 Å². The van der Waals surface area contributed by atoms with Crippen molar-refractivity contribution < 1.29 is 4.79 Å². The third-order valence-corrected chi connectivity index (χ3v) is 4.27. The van der Waals surface area contributed by atoms with E-state index in [0.29, 0.717) is 5.82 Å². The van der Waals surface area contributed by atoms with Gasteiger partial charge in [-0.25, -0.2) is 9.79 Å². The summed E-state index contributed by atoms with van der Waals surface area (Å²) in [6.45, 7) is 0. The number of anilines is 2. The number of rotatable bonds is 2. The molecule has 0 aromatic heterocycles. The number of aryl methyl sites for hydroxylation is 2. The molecule has 1 aliphatic heterocycles. The Labute approximate surface area is 140 Å².